The van der Waals surface area contributed by atoms with Crippen LogP contribution in [-0.2, 0) is 11.2 Å². The zero-order chi connectivity index (χ0) is 13.1. The van der Waals surface area contributed by atoms with Gasteiger partial charge in [-0.25, -0.2) is 0 Å². The molecule has 0 fully saturated rings. The van der Waals surface area contributed by atoms with Crippen molar-refractivity contribution in [3.63, 3.8) is 0 Å². The molecule has 0 bridgehead atoms. The fourth-order valence-corrected chi connectivity index (χ4v) is 2.39. The number of hydrogen-bond acceptors (Lipinski definition) is 1. The summed E-state index contributed by atoms with van der Waals surface area (Å²) in [5, 5.41) is 0. The van der Waals surface area contributed by atoms with E-state index in [0.29, 0.717) is 0 Å². The van der Waals surface area contributed by atoms with Crippen molar-refractivity contribution in [1.82, 2.24) is 0 Å². The summed E-state index contributed by atoms with van der Waals surface area (Å²) in [7, 11) is 0. The van der Waals surface area contributed by atoms with E-state index in [1.54, 1.807) is 6.08 Å². The van der Waals surface area contributed by atoms with Gasteiger partial charge in [0.25, 0.3) is 5.91 Å². The van der Waals surface area contributed by atoms with Crippen LogP contribution in [0.25, 0.3) is 6.08 Å². The molecule has 94 valence electrons. The molecule has 1 heterocycles. The molecule has 2 heteroatoms. The number of anilines is 1. The fraction of sp³-hybridized carbons (Fsp3) is 0.118. The molecule has 0 spiro atoms. The van der Waals surface area contributed by atoms with Gasteiger partial charge < -0.3 is 4.90 Å². The lowest BCUT2D eigenvalue weighted by atomic mass is 10.2. The highest BCUT2D eigenvalue weighted by atomic mass is 16.2. The van der Waals surface area contributed by atoms with E-state index in [0.717, 1.165) is 24.2 Å². The molecule has 1 amide bonds. The Morgan fingerprint density at radius 1 is 1.00 bits per heavy atom. The Labute approximate surface area is 113 Å². The Morgan fingerprint density at radius 2 is 1.74 bits per heavy atom. The van der Waals surface area contributed by atoms with E-state index in [9.17, 15) is 4.79 Å². The molecule has 0 saturated heterocycles. The zero-order valence-corrected chi connectivity index (χ0v) is 10.6. The Kier molecular flexibility index (Phi) is 3.15. The normalized spacial score (nSPS) is 13.8. The molecule has 2 aromatic rings. The molecule has 0 saturated carbocycles. The van der Waals surface area contributed by atoms with Gasteiger partial charge in [-0.3, -0.25) is 4.79 Å². The van der Waals surface area contributed by atoms with Crippen LogP contribution in [0.1, 0.15) is 11.1 Å². The van der Waals surface area contributed by atoms with Crippen molar-refractivity contribution in [1.29, 1.82) is 0 Å². The predicted octanol–water partition coefficient (Wildman–Crippen LogP) is 3.29. The zero-order valence-electron chi connectivity index (χ0n) is 10.6. The van der Waals surface area contributed by atoms with Crippen molar-refractivity contribution in [3.05, 3.63) is 71.8 Å². The maximum atomic E-state index is 12.2. The second-order valence-corrected chi connectivity index (χ2v) is 4.61. The molecule has 19 heavy (non-hydrogen) atoms. The average molecular weight is 249 g/mol. The average Bonchev–Trinajstić information content (AvgIpc) is 2.90. The van der Waals surface area contributed by atoms with Crippen LogP contribution in [0.4, 0.5) is 5.69 Å². The molecular weight excluding hydrogens is 234 g/mol. The highest BCUT2D eigenvalue weighted by Crippen LogP contribution is 2.27. The molecule has 2 aromatic carbocycles. The second kappa shape index (κ2) is 5.11. The van der Waals surface area contributed by atoms with Gasteiger partial charge in [-0.05, 0) is 29.7 Å². The number of carbonyl (C=O) groups excluding carboxylic acids is 1. The van der Waals surface area contributed by atoms with Crippen molar-refractivity contribution in [3.8, 4) is 0 Å². The number of nitrogens with zero attached hydrogens (tertiary/aromatic N) is 1. The molecule has 1 aliphatic rings. The summed E-state index contributed by atoms with van der Waals surface area (Å²) >= 11 is 0. The number of fused-ring (bicyclic) bond motifs is 1. The van der Waals surface area contributed by atoms with E-state index in [2.05, 4.69) is 6.07 Å². The number of carbonyl (C=O) groups is 1. The van der Waals surface area contributed by atoms with Crippen LogP contribution in [0, 0.1) is 0 Å². The molecule has 0 unspecified atom stereocenters. The summed E-state index contributed by atoms with van der Waals surface area (Å²) < 4.78 is 0. The summed E-state index contributed by atoms with van der Waals surface area (Å²) in [4.78, 5) is 14.1. The van der Waals surface area contributed by atoms with Crippen molar-refractivity contribution in [2.24, 2.45) is 0 Å². The molecular formula is C17H15NO. The van der Waals surface area contributed by atoms with Crippen molar-refractivity contribution in [2.75, 3.05) is 11.4 Å². The molecule has 3 rings (SSSR count). The summed E-state index contributed by atoms with van der Waals surface area (Å²) in [5.41, 5.74) is 3.34. The predicted molar refractivity (Wildman–Crippen MR) is 78.0 cm³/mol. The van der Waals surface area contributed by atoms with Gasteiger partial charge in [0, 0.05) is 18.3 Å². The monoisotopic (exact) mass is 249 g/mol. The molecule has 0 radical (unpaired) electrons. The Morgan fingerprint density at radius 3 is 2.58 bits per heavy atom. The summed E-state index contributed by atoms with van der Waals surface area (Å²) in [6, 6.07) is 18.0. The van der Waals surface area contributed by atoms with E-state index < -0.39 is 0 Å². The van der Waals surface area contributed by atoms with E-state index in [-0.39, 0.29) is 5.91 Å². The minimum atomic E-state index is 0.0498. The van der Waals surface area contributed by atoms with Crippen molar-refractivity contribution >= 4 is 17.7 Å². The number of amides is 1. The van der Waals surface area contributed by atoms with Gasteiger partial charge in [-0.1, -0.05) is 48.5 Å². The quantitative estimate of drug-likeness (QED) is 0.748. The topological polar surface area (TPSA) is 20.3 Å². The van der Waals surface area contributed by atoms with Crippen LogP contribution >= 0.6 is 0 Å². The Hall–Kier alpha value is -2.35. The van der Waals surface area contributed by atoms with Crippen LogP contribution in [0.5, 0.6) is 0 Å². The van der Waals surface area contributed by atoms with Crippen molar-refractivity contribution in [2.45, 2.75) is 6.42 Å². The third kappa shape index (κ3) is 2.43. The van der Waals surface area contributed by atoms with Gasteiger partial charge in [0.05, 0.1) is 0 Å². The van der Waals surface area contributed by atoms with Crippen LogP contribution in [0.15, 0.2) is 60.7 Å². The molecule has 0 N–H and O–H groups in total. The Bertz CT molecular complexity index is 616. The lowest BCUT2D eigenvalue weighted by Gasteiger charge is -2.14. The van der Waals surface area contributed by atoms with Crippen LogP contribution < -0.4 is 4.90 Å². The first kappa shape index (κ1) is 11.7. The maximum absolute atomic E-state index is 12.2. The molecule has 2 nitrogen and oxygen atoms in total. The summed E-state index contributed by atoms with van der Waals surface area (Å²) in [6.45, 7) is 0.775. The standard InChI is InChI=1S/C17H15NO/c19-17(11-10-14-6-2-1-3-7-14)18-13-12-15-8-4-5-9-16(15)18/h1-11H,12-13H2/b11-10-. The van der Waals surface area contributed by atoms with Gasteiger partial charge >= 0.3 is 0 Å². The first-order valence-electron chi connectivity index (χ1n) is 6.47. The third-order valence-corrected chi connectivity index (χ3v) is 3.37. The molecule has 0 atom stereocenters. The van der Waals surface area contributed by atoms with Gasteiger partial charge in [-0.2, -0.15) is 0 Å². The highest BCUT2D eigenvalue weighted by Gasteiger charge is 2.22. The smallest absolute Gasteiger partial charge is 0.251 e. The van der Waals surface area contributed by atoms with E-state index in [4.69, 9.17) is 0 Å². The van der Waals surface area contributed by atoms with Gasteiger partial charge in [0.15, 0.2) is 0 Å². The highest BCUT2D eigenvalue weighted by molar-refractivity contribution is 6.05. The van der Waals surface area contributed by atoms with Crippen LogP contribution in [-0.4, -0.2) is 12.5 Å². The number of para-hydroxylation sites is 1. The molecule has 0 aliphatic carbocycles. The largest absolute Gasteiger partial charge is 0.308 e. The molecule has 1 aliphatic heterocycles. The van der Waals surface area contributed by atoms with Gasteiger partial charge in [0.1, 0.15) is 0 Å². The number of rotatable bonds is 2. The van der Waals surface area contributed by atoms with Gasteiger partial charge in [-0.15, -0.1) is 0 Å². The lowest BCUT2D eigenvalue weighted by molar-refractivity contribution is -0.114. The maximum Gasteiger partial charge on any atom is 0.251 e. The van der Waals surface area contributed by atoms with E-state index in [1.165, 1.54) is 5.56 Å². The van der Waals surface area contributed by atoms with Crippen molar-refractivity contribution < 1.29 is 4.79 Å². The summed E-state index contributed by atoms with van der Waals surface area (Å²) in [6.07, 6.45) is 4.46. The number of benzene rings is 2. The van der Waals surface area contributed by atoms with E-state index in [1.807, 2.05) is 59.5 Å². The first-order valence-corrected chi connectivity index (χ1v) is 6.47. The summed E-state index contributed by atoms with van der Waals surface area (Å²) in [5.74, 6) is 0.0498. The first-order chi connectivity index (χ1) is 9.34. The fourth-order valence-electron chi connectivity index (χ4n) is 2.39. The Balaban J connectivity index is 1.78. The lowest BCUT2D eigenvalue weighted by Crippen LogP contribution is -2.26. The number of hydrogen-bond donors (Lipinski definition) is 0. The van der Waals surface area contributed by atoms with Gasteiger partial charge in [0.2, 0.25) is 0 Å². The minimum absolute atomic E-state index is 0.0498. The second-order valence-electron chi connectivity index (χ2n) is 4.61. The van der Waals surface area contributed by atoms with E-state index >= 15 is 0 Å². The third-order valence-electron chi connectivity index (χ3n) is 3.37. The van der Waals surface area contributed by atoms with Crippen LogP contribution in [0.2, 0.25) is 0 Å². The SMILES string of the molecule is O=C(/C=C\c1ccccc1)N1CCc2ccccc21. The van der Waals surface area contributed by atoms with Crippen LogP contribution in [0.3, 0.4) is 0 Å². The molecule has 0 aromatic heterocycles. The minimum Gasteiger partial charge on any atom is -0.308 e.